The van der Waals surface area contributed by atoms with Gasteiger partial charge in [-0.15, -0.1) is 0 Å². The summed E-state index contributed by atoms with van der Waals surface area (Å²) in [5, 5.41) is 0.668. The van der Waals surface area contributed by atoms with Crippen molar-refractivity contribution in [1.82, 2.24) is 0 Å². The second-order valence-corrected chi connectivity index (χ2v) is 6.59. The van der Waals surface area contributed by atoms with Crippen molar-refractivity contribution >= 4 is 46.7 Å². The zero-order chi connectivity index (χ0) is 18.1. The van der Waals surface area contributed by atoms with Gasteiger partial charge in [0, 0.05) is 17.9 Å². The van der Waals surface area contributed by atoms with Gasteiger partial charge in [-0.1, -0.05) is 55.1 Å². The highest BCUT2D eigenvalue weighted by Crippen LogP contribution is 2.36. The normalized spacial score (nSPS) is 11.9. The predicted octanol–water partition coefficient (Wildman–Crippen LogP) is 5.84. The SMILES string of the molecule is CCCC(CC)OC(=O)CCCC(=O)Oc1c(Cl)cc(Cl)cc1Cl. The molecule has 24 heavy (non-hydrogen) atoms. The zero-order valence-electron chi connectivity index (χ0n) is 13.7. The molecule has 1 atom stereocenters. The molecule has 0 fully saturated rings. The standard InChI is InChI=1S/C17H21Cl3O4/c1-3-6-12(4-2)23-15(21)7-5-8-16(22)24-17-13(19)9-11(18)10-14(17)20/h9-10,12H,3-8H2,1-2H3. The fourth-order valence-corrected chi connectivity index (χ4v) is 2.98. The molecule has 0 bridgehead atoms. The van der Waals surface area contributed by atoms with Gasteiger partial charge in [-0.3, -0.25) is 9.59 Å². The van der Waals surface area contributed by atoms with Crippen LogP contribution in [0.3, 0.4) is 0 Å². The minimum absolute atomic E-state index is 0.0545. The molecule has 0 spiro atoms. The molecule has 4 nitrogen and oxygen atoms in total. The topological polar surface area (TPSA) is 52.6 Å². The fraction of sp³-hybridized carbons (Fsp3) is 0.529. The van der Waals surface area contributed by atoms with E-state index in [2.05, 4.69) is 0 Å². The number of carbonyl (C=O) groups is 2. The van der Waals surface area contributed by atoms with Crippen LogP contribution in [0.5, 0.6) is 5.75 Å². The third-order valence-corrected chi connectivity index (χ3v) is 4.08. The van der Waals surface area contributed by atoms with Gasteiger partial charge in [0.05, 0.1) is 10.0 Å². The summed E-state index contributed by atoms with van der Waals surface area (Å²) in [6.07, 6.45) is 3.10. The Bertz CT molecular complexity index is 552. The summed E-state index contributed by atoms with van der Waals surface area (Å²) in [5.74, 6) is -0.746. The van der Waals surface area contributed by atoms with Crippen molar-refractivity contribution in [3.8, 4) is 5.75 Å². The van der Waals surface area contributed by atoms with Crippen LogP contribution in [0.4, 0.5) is 0 Å². The second-order valence-electron chi connectivity index (χ2n) is 5.33. The van der Waals surface area contributed by atoms with E-state index in [0.717, 1.165) is 19.3 Å². The highest BCUT2D eigenvalue weighted by molar-refractivity contribution is 6.40. The molecule has 0 N–H and O–H groups in total. The van der Waals surface area contributed by atoms with E-state index in [4.69, 9.17) is 44.3 Å². The van der Waals surface area contributed by atoms with Crippen molar-refractivity contribution in [3.63, 3.8) is 0 Å². The Balaban J connectivity index is 2.41. The van der Waals surface area contributed by atoms with Crippen molar-refractivity contribution < 1.29 is 19.1 Å². The predicted molar refractivity (Wildman–Crippen MR) is 96.0 cm³/mol. The first-order valence-corrected chi connectivity index (χ1v) is 9.05. The Morgan fingerprint density at radius 2 is 1.62 bits per heavy atom. The van der Waals surface area contributed by atoms with Crippen molar-refractivity contribution in [1.29, 1.82) is 0 Å². The van der Waals surface area contributed by atoms with Gasteiger partial charge in [0.2, 0.25) is 0 Å². The van der Waals surface area contributed by atoms with Crippen LogP contribution in [0.15, 0.2) is 12.1 Å². The molecule has 0 saturated heterocycles. The highest BCUT2D eigenvalue weighted by atomic mass is 35.5. The second kappa shape index (κ2) is 10.8. The average molecular weight is 396 g/mol. The first-order chi connectivity index (χ1) is 11.4. The number of benzene rings is 1. The van der Waals surface area contributed by atoms with Gasteiger partial charge >= 0.3 is 11.9 Å². The summed E-state index contributed by atoms with van der Waals surface area (Å²) >= 11 is 17.7. The summed E-state index contributed by atoms with van der Waals surface area (Å²) in [5.41, 5.74) is 0. The van der Waals surface area contributed by atoms with Gasteiger partial charge in [0.1, 0.15) is 6.10 Å². The van der Waals surface area contributed by atoms with Crippen molar-refractivity contribution in [2.24, 2.45) is 0 Å². The summed E-state index contributed by atoms with van der Waals surface area (Å²) in [7, 11) is 0. The molecule has 0 amide bonds. The van der Waals surface area contributed by atoms with Crippen LogP contribution in [0.1, 0.15) is 52.4 Å². The van der Waals surface area contributed by atoms with Crippen LogP contribution in [0, 0.1) is 0 Å². The smallest absolute Gasteiger partial charge is 0.311 e. The molecule has 0 saturated carbocycles. The molecule has 0 heterocycles. The van der Waals surface area contributed by atoms with Crippen LogP contribution in [-0.4, -0.2) is 18.0 Å². The van der Waals surface area contributed by atoms with Crippen LogP contribution in [0.25, 0.3) is 0 Å². The molecule has 0 aliphatic carbocycles. The Hall–Kier alpha value is -0.970. The molecule has 0 aliphatic heterocycles. The third-order valence-electron chi connectivity index (χ3n) is 3.30. The number of esters is 2. The van der Waals surface area contributed by atoms with E-state index in [1.54, 1.807) is 0 Å². The van der Waals surface area contributed by atoms with E-state index >= 15 is 0 Å². The minimum atomic E-state index is -0.519. The van der Waals surface area contributed by atoms with Crippen LogP contribution in [0.2, 0.25) is 15.1 Å². The lowest BCUT2D eigenvalue weighted by atomic mass is 10.1. The van der Waals surface area contributed by atoms with Gasteiger partial charge in [-0.05, 0) is 31.4 Å². The molecule has 1 unspecified atom stereocenters. The lowest BCUT2D eigenvalue weighted by Gasteiger charge is -2.15. The number of halogens is 3. The van der Waals surface area contributed by atoms with E-state index in [-0.39, 0.29) is 40.7 Å². The average Bonchev–Trinajstić information content (AvgIpc) is 2.50. The van der Waals surface area contributed by atoms with Crippen molar-refractivity contribution in [2.45, 2.75) is 58.5 Å². The Morgan fingerprint density at radius 1 is 1.04 bits per heavy atom. The molecule has 0 aliphatic rings. The zero-order valence-corrected chi connectivity index (χ0v) is 16.0. The third kappa shape index (κ3) is 7.29. The minimum Gasteiger partial charge on any atom is -0.462 e. The first-order valence-electron chi connectivity index (χ1n) is 7.92. The van der Waals surface area contributed by atoms with E-state index in [1.165, 1.54) is 12.1 Å². The summed E-state index contributed by atoms with van der Waals surface area (Å²) in [6, 6.07) is 2.88. The quantitative estimate of drug-likeness (QED) is 0.389. The Morgan fingerprint density at radius 3 is 2.17 bits per heavy atom. The van der Waals surface area contributed by atoms with Crippen molar-refractivity contribution in [2.75, 3.05) is 0 Å². The van der Waals surface area contributed by atoms with Gasteiger partial charge in [0.25, 0.3) is 0 Å². The molecule has 1 rings (SSSR count). The number of rotatable bonds is 9. The molecular formula is C17H21Cl3O4. The van der Waals surface area contributed by atoms with E-state index in [1.807, 2.05) is 13.8 Å². The lowest BCUT2D eigenvalue weighted by molar-refractivity contribution is -0.149. The van der Waals surface area contributed by atoms with Gasteiger partial charge in [0.15, 0.2) is 5.75 Å². The molecular weight excluding hydrogens is 375 g/mol. The molecule has 7 heteroatoms. The van der Waals surface area contributed by atoms with Crippen LogP contribution < -0.4 is 4.74 Å². The fourth-order valence-electron chi connectivity index (χ4n) is 2.08. The van der Waals surface area contributed by atoms with Gasteiger partial charge in [-0.2, -0.15) is 0 Å². The largest absolute Gasteiger partial charge is 0.462 e. The Labute approximate surface area is 157 Å². The maximum atomic E-state index is 11.8. The van der Waals surface area contributed by atoms with E-state index in [0.29, 0.717) is 11.4 Å². The number of carbonyl (C=O) groups excluding carboxylic acids is 2. The highest BCUT2D eigenvalue weighted by Gasteiger charge is 2.15. The first kappa shape index (κ1) is 21.1. The van der Waals surface area contributed by atoms with Crippen LogP contribution in [-0.2, 0) is 14.3 Å². The maximum absolute atomic E-state index is 11.8. The summed E-state index contributed by atoms with van der Waals surface area (Å²) in [4.78, 5) is 23.6. The molecule has 0 radical (unpaired) electrons. The number of hydrogen-bond donors (Lipinski definition) is 0. The van der Waals surface area contributed by atoms with Crippen molar-refractivity contribution in [3.05, 3.63) is 27.2 Å². The summed E-state index contributed by atoms with van der Waals surface area (Å²) < 4.78 is 10.5. The molecule has 1 aromatic rings. The Kier molecular flexibility index (Phi) is 9.49. The number of hydrogen-bond acceptors (Lipinski definition) is 4. The monoisotopic (exact) mass is 394 g/mol. The molecule has 134 valence electrons. The number of ether oxygens (including phenoxy) is 2. The summed E-state index contributed by atoms with van der Waals surface area (Å²) in [6.45, 7) is 4.02. The molecule has 0 aromatic heterocycles. The van der Waals surface area contributed by atoms with Crippen LogP contribution >= 0.6 is 34.8 Å². The lowest BCUT2D eigenvalue weighted by Crippen LogP contribution is -2.17. The molecule has 1 aromatic carbocycles. The van der Waals surface area contributed by atoms with Gasteiger partial charge in [-0.25, -0.2) is 0 Å². The maximum Gasteiger partial charge on any atom is 0.311 e. The van der Waals surface area contributed by atoms with E-state index in [9.17, 15) is 9.59 Å². The van der Waals surface area contributed by atoms with E-state index < -0.39 is 5.97 Å². The van der Waals surface area contributed by atoms with Gasteiger partial charge < -0.3 is 9.47 Å².